The van der Waals surface area contributed by atoms with Crippen molar-refractivity contribution < 1.29 is 9.59 Å². The van der Waals surface area contributed by atoms with Crippen molar-refractivity contribution in [1.29, 1.82) is 0 Å². The molecule has 9 heteroatoms. The van der Waals surface area contributed by atoms with E-state index in [1.54, 1.807) is 42.8 Å². The van der Waals surface area contributed by atoms with Crippen molar-refractivity contribution in [2.45, 2.75) is 26.3 Å². The predicted octanol–water partition coefficient (Wildman–Crippen LogP) is 3.52. The molecule has 9 nitrogen and oxygen atoms in total. The number of carbonyl (C=O) groups is 2. The maximum atomic E-state index is 13.1. The number of hydrazone groups is 1. The third kappa shape index (κ3) is 5.37. The third-order valence-electron chi connectivity index (χ3n) is 6.13. The molecule has 34 heavy (non-hydrogen) atoms. The number of allylic oxidation sites excluding steroid dienone is 1. The van der Waals surface area contributed by atoms with Crippen molar-refractivity contribution in [2.75, 3.05) is 36.5 Å². The molecule has 2 aromatic rings. The van der Waals surface area contributed by atoms with E-state index in [0.717, 1.165) is 32.6 Å². The maximum absolute atomic E-state index is 13.1. The molecule has 0 spiro atoms. The Morgan fingerprint density at radius 1 is 1.06 bits per heavy atom. The topological polar surface area (TPSA) is 83.5 Å². The molecule has 1 atom stereocenters. The molecule has 1 saturated heterocycles. The molecular weight excluding hydrogens is 430 g/mol. The summed E-state index contributed by atoms with van der Waals surface area (Å²) in [5.74, 6) is 0.0197. The van der Waals surface area contributed by atoms with Gasteiger partial charge >= 0.3 is 6.03 Å². The number of para-hydroxylation sites is 1. The Morgan fingerprint density at radius 3 is 2.38 bits per heavy atom. The van der Waals surface area contributed by atoms with Gasteiger partial charge in [0.2, 0.25) is 0 Å². The van der Waals surface area contributed by atoms with Gasteiger partial charge in [-0.3, -0.25) is 15.1 Å². The van der Waals surface area contributed by atoms with Crippen molar-refractivity contribution in [2.24, 2.45) is 5.10 Å². The number of rotatable bonds is 6. The van der Waals surface area contributed by atoms with Crippen LogP contribution in [0.3, 0.4) is 0 Å². The highest BCUT2D eigenvalue weighted by molar-refractivity contribution is 6.01. The van der Waals surface area contributed by atoms with Crippen LogP contribution in [-0.2, 0) is 0 Å². The maximum Gasteiger partial charge on any atom is 0.348 e. The zero-order valence-corrected chi connectivity index (χ0v) is 19.6. The monoisotopic (exact) mass is 461 g/mol. The van der Waals surface area contributed by atoms with Crippen molar-refractivity contribution in [1.82, 2.24) is 20.5 Å². The molecule has 0 saturated carbocycles. The van der Waals surface area contributed by atoms with Crippen LogP contribution < -0.4 is 15.8 Å². The predicted molar refractivity (Wildman–Crippen MR) is 134 cm³/mol. The largest absolute Gasteiger partial charge is 0.348 e. The van der Waals surface area contributed by atoms with Crippen LogP contribution in [-0.4, -0.2) is 65.4 Å². The van der Waals surface area contributed by atoms with E-state index in [0.29, 0.717) is 23.0 Å². The molecule has 4 rings (SSSR count). The molecule has 2 N–H and O–H groups in total. The Morgan fingerprint density at radius 2 is 1.76 bits per heavy atom. The Labute approximate surface area is 200 Å². The summed E-state index contributed by atoms with van der Waals surface area (Å²) in [5.41, 5.74) is 4.76. The fourth-order valence-electron chi connectivity index (χ4n) is 3.96. The molecule has 0 radical (unpaired) electrons. The molecule has 2 aromatic carbocycles. The first-order valence-electron chi connectivity index (χ1n) is 11.6. The third-order valence-corrected chi connectivity index (χ3v) is 6.13. The van der Waals surface area contributed by atoms with Crippen LogP contribution >= 0.6 is 0 Å². The minimum atomic E-state index is -0.397. The highest BCUT2D eigenvalue weighted by atomic mass is 16.2. The second kappa shape index (κ2) is 10.8. The van der Waals surface area contributed by atoms with E-state index in [2.05, 4.69) is 34.6 Å². The van der Waals surface area contributed by atoms with Crippen LogP contribution in [0.4, 0.5) is 16.2 Å². The fourth-order valence-corrected chi connectivity index (χ4v) is 3.96. The fraction of sp³-hybridized carbons (Fsp3) is 0.320. The lowest BCUT2D eigenvalue weighted by atomic mass is 10.1. The molecule has 178 valence electrons. The van der Waals surface area contributed by atoms with Gasteiger partial charge in [0.15, 0.2) is 0 Å². The normalized spacial score (nSPS) is 16.6. The number of piperazine rings is 1. The van der Waals surface area contributed by atoms with Crippen molar-refractivity contribution in [3.8, 4) is 0 Å². The number of nitrogens with one attached hydrogen (secondary N) is 2. The molecule has 0 aliphatic carbocycles. The minimum absolute atomic E-state index is 0.0197. The van der Waals surface area contributed by atoms with Gasteiger partial charge in [-0.1, -0.05) is 30.3 Å². The summed E-state index contributed by atoms with van der Waals surface area (Å²) >= 11 is 0. The van der Waals surface area contributed by atoms with Crippen LogP contribution in [0.25, 0.3) is 0 Å². The van der Waals surface area contributed by atoms with Gasteiger partial charge in [0.25, 0.3) is 5.91 Å². The first-order valence-corrected chi connectivity index (χ1v) is 11.6. The summed E-state index contributed by atoms with van der Waals surface area (Å²) in [6, 6.07) is 16.4. The smallest absolute Gasteiger partial charge is 0.336 e. The average molecular weight is 462 g/mol. The Kier molecular flexibility index (Phi) is 7.44. The van der Waals surface area contributed by atoms with E-state index in [-0.39, 0.29) is 5.91 Å². The second-order valence-corrected chi connectivity index (χ2v) is 8.28. The number of urea groups is 1. The van der Waals surface area contributed by atoms with Gasteiger partial charge in [-0.05, 0) is 55.8 Å². The minimum Gasteiger partial charge on any atom is -0.336 e. The molecule has 0 bridgehead atoms. The van der Waals surface area contributed by atoms with Gasteiger partial charge in [-0.2, -0.15) is 5.01 Å². The van der Waals surface area contributed by atoms with E-state index in [1.165, 1.54) is 10.2 Å². The van der Waals surface area contributed by atoms with Crippen LogP contribution in [0.15, 0.2) is 72.0 Å². The number of hydrogen-bond acceptors (Lipinski definition) is 6. The van der Waals surface area contributed by atoms with Gasteiger partial charge < -0.3 is 10.2 Å². The van der Waals surface area contributed by atoms with Crippen molar-refractivity contribution in [3.05, 3.63) is 72.4 Å². The van der Waals surface area contributed by atoms with Crippen molar-refractivity contribution in [3.63, 3.8) is 0 Å². The Hall–Kier alpha value is -3.85. The number of hydrogen-bond donors (Lipinski definition) is 2. The second-order valence-electron chi connectivity index (χ2n) is 8.28. The molecule has 3 amide bonds. The Balaban J connectivity index is 1.40. The average Bonchev–Trinajstić information content (AvgIpc) is 2.90. The van der Waals surface area contributed by atoms with Gasteiger partial charge in [-0.25, -0.2) is 4.79 Å². The van der Waals surface area contributed by atoms with E-state index in [1.807, 2.05) is 35.2 Å². The van der Waals surface area contributed by atoms with E-state index in [4.69, 9.17) is 0 Å². The summed E-state index contributed by atoms with van der Waals surface area (Å²) in [4.78, 5) is 30.4. The summed E-state index contributed by atoms with van der Waals surface area (Å²) in [6.45, 7) is 7.67. The van der Waals surface area contributed by atoms with Gasteiger partial charge in [0.05, 0.1) is 11.9 Å². The van der Waals surface area contributed by atoms with Crippen LogP contribution in [0, 0.1) is 0 Å². The first kappa shape index (κ1) is 23.3. The molecule has 1 fully saturated rings. The van der Waals surface area contributed by atoms with Gasteiger partial charge in [0, 0.05) is 49.7 Å². The molecule has 2 aliphatic heterocycles. The van der Waals surface area contributed by atoms with E-state index < -0.39 is 6.03 Å². The lowest BCUT2D eigenvalue weighted by molar-refractivity contribution is 0.0579. The van der Waals surface area contributed by atoms with Crippen LogP contribution in [0.1, 0.15) is 30.6 Å². The standard InChI is InChI=1S/C25H31N7O2/c1-3-20(2)29-16-18-30(19-17-29)24(33)21-10-12-22(13-11-21)28-25(34)31(23-8-5-4-6-9-23)32-26-14-7-15-27-32/h4-15,20,26H,3,16-19H2,1-2H3,(H,28,34). The first-order chi connectivity index (χ1) is 16.6. The SMILES string of the molecule is CCC(C)N1CCN(C(=O)c2ccc(NC(=O)N(c3ccccc3)N3N=CC=CN3)cc2)CC1. The number of nitrogens with zero attached hydrogens (tertiary/aromatic N) is 5. The highest BCUT2D eigenvalue weighted by Gasteiger charge is 2.25. The lowest BCUT2D eigenvalue weighted by Gasteiger charge is -2.37. The van der Waals surface area contributed by atoms with Crippen LogP contribution in [0.2, 0.25) is 0 Å². The molecular formula is C25H31N7O2. The van der Waals surface area contributed by atoms with Crippen LogP contribution in [0.5, 0.6) is 0 Å². The summed E-state index contributed by atoms with van der Waals surface area (Å²) in [5, 5.41) is 9.82. The van der Waals surface area contributed by atoms with Gasteiger partial charge in [0.1, 0.15) is 0 Å². The summed E-state index contributed by atoms with van der Waals surface area (Å²) < 4.78 is 0. The quantitative estimate of drug-likeness (QED) is 0.688. The summed E-state index contributed by atoms with van der Waals surface area (Å²) in [6.07, 6.45) is 6.11. The molecule has 2 heterocycles. The van der Waals surface area contributed by atoms with E-state index in [9.17, 15) is 9.59 Å². The highest BCUT2D eigenvalue weighted by Crippen LogP contribution is 2.19. The number of anilines is 2. The zero-order chi connectivity index (χ0) is 23.9. The number of amides is 3. The summed E-state index contributed by atoms with van der Waals surface area (Å²) in [7, 11) is 0. The molecule has 2 aliphatic rings. The molecule has 0 aromatic heterocycles. The van der Waals surface area contributed by atoms with Gasteiger partial charge in [-0.15, -0.1) is 5.10 Å². The zero-order valence-electron chi connectivity index (χ0n) is 19.6. The van der Waals surface area contributed by atoms with Crippen molar-refractivity contribution >= 4 is 29.5 Å². The number of carbonyl (C=O) groups excluding carboxylic acids is 2. The Bertz CT molecular complexity index is 1030. The number of hydrazine groups is 2. The molecule has 1 unspecified atom stereocenters. The van der Waals surface area contributed by atoms with E-state index >= 15 is 0 Å². The number of benzene rings is 2. The lowest BCUT2D eigenvalue weighted by Crippen LogP contribution is -2.51.